The standard InChI is InChI=1S/C19H22ClN5O/c20-16-5-3-6-17(15-16)23-13-11-22(12-14-23)8-4-10-25-19(26)24-9-2-1-7-18(24)21-25/h1-3,5-7,9,15H,4,8,10-14H2/i4D2,8D2,11D2,12D2,13D2,14D2. The minimum atomic E-state index is -3.73. The molecule has 1 aromatic carbocycles. The first-order valence-electron chi connectivity index (χ1n) is 13.6. The Hall–Kier alpha value is -2.31. The van der Waals surface area contributed by atoms with Crippen LogP contribution in [0.15, 0.2) is 53.5 Å². The zero-order valence-corrected chi connectivity index (χ0v) is 14.1. The Kier molecular flexibility index (Phi) is 2.35. The fourth-order valence-corrected chi connectivity index (χ4v) is 2.50. The highest BCUT2D eigenvalue weighted by atomic mass is 35.5. The summed E-state index contributed by atoms with van der Waals surface area (Å²) in [5.41, 5.74) is -1.05. The fourth-order valence-electron chi connectivity index (χ4n) is 2.32. The second-order valence-electron chi connectivity index (χ2n) is 5.26. The number of aryl methyl sites for hydroxylation is 1. The average molecular weight is 384 g/mol. The van der Waals surface area contributed by atoms with Crippen molar-refractivity contribution < 1.29 is 16.4 Å². The Labute approximate surface area is 174 Å². The molecule has 1 aliphatic rings. The molecule has 0 spiro atoms. The van der Waals surface area contributed by atoms with Crippen LogP contribution in [0.25, 0.3) is 5.65 Å². The first-order chi connectivity index (χ1) is 17.2. The summed E-state index contributed by atoms with van der Waals surface area (Å²) in [7, 11) is 0. The van der Waals surface area contributed by atoms with E-state index in [0.29, 0.717) is 4.68 Å². The molecule has 0 N–H and O–H groups in total. The second kappa shape index (κ2) is 7.51. The van der Waals surface area contributed by atoms with Crippen LogP contribution < -0.4 is 10.6 Å². The molecule has 0 amide bonds. The molecule has 0 radical (unpaired) electrons. The summed E-state index contributed by atoms with van der Waals surface area (Å²) in [6.45, 7) is -19.1. The highest BCUT2D eigenvalue weighted by molar-refractivity contribution is 6.30. The maximum atomic E-state index is 12.7. The van der Waals surface area contributed by atoms with Gasteiger partial charge >= 0.3 is 5.69 Å². The SMILES string of the molecule is [2H]C([2H])(Cn1nc2ccccn2c1=O)C([2H])([2H])N1C([2H])([2H])C([2H])([2H])N(c2cccc(Cl)c2)C([2H])([2H])C1([2H])[2H]. The van der Waals surface area contributed by atoms with Crippen LogP contribution in [-0.2, 0) is 6.54 Å². The number of hydrogen-bond acceptors (Lipinski definition) is 4. The maximum Gasteiger partial charge on any atom is 0.350 e. The average Bonchev–Trinajstić information content (AvgIpc) is 3.06. The van der Waals surface area contributed by atoms with Gasteiger partial charge in [0.25, 0.3) is 0 Å². The van der Waals surface area contributed by atoms with E-state index in [0.717, 1.165) is 10.5 Å². The summed E-state index contributed by atoms with van der Waals surface area (Å²) < 4.78 is 104. The van der Waals surface area contributed by atoms with E-state index in [1.54, 1.807) is 6.07 Å². The summed E-state index contributed by atoms with van der Waals surface area (Å²) in [6, 6.07) is 9.52. The molecule has 6 nitrogen and oxygen atoms in total. The van der Waals surface area contributed by atoms with Crippen molar-refractivity contribution in [1.29, 1.82) is 0 Å². The summed E-state index contributed by atoms with van der Waals surface area (Å²) in [4.78, 5) is 12.5. The van der Waals surface area contributed by atoms with Crippen LogP contribution in [0.5, 0.6) is 0 Å². The molecule has 0 bridgehead atoms. The van der Waals surface area contributed by atoms with Crippen molar-refractivity contribution in [1.82, 2.24) is 19.1 Å². The lowest BCUT2D eigenvalue weighted by molar-refractivity contribution is 0.248. The van der Waals surface area contributed by atoms with Crippen molar-refractivity contribution in [2.24, 2.45) is 0 Å². The van der Waals surface area contributed by atoms with E-state index >= 15 is 0 Å². The third kappa shape index (κ3) is 3.61. The zero-order valence-electron chi connectivity index (χ0n) is 25.3. The van der Waals surface area contributed by atoms with Crippen molar-refractivity contribution >= 4 is 22.9 Å². The van der Waals surface area contributed by atoms with Crippen LogP contribution in [0, 0.1) is 0 Å². The largest absolute Gasteiger partial charge is 0.369 e. The molecule has 136 valence electrons. The molecule has 1 fully saturated rings. The van der Waals surface area contributed by atoms with Crippen molar-refractivity contribution in [3.63, 3.8) is 0 Å². The molecule has 0 atom stereocenters. The lowest BCUT2D eigenvalue weighted by Crippen LogP contribution is -2.46. The molecule has 7 heteroatoms. The van der Waals surface area contributed by atoms with Gasteiger partial charge in [-0.25, -0.2) is 9.48 Å². The van der Waals surface area contributed by atoms with Crippen molar-refractivity contribution in [3.8, 4) is 0 Å². The molecule has 0 saturated carbocycles. The number of piperazine rings is 1. The van der Waals surface area contributed by atoms with Crippen LogP contribution in [0.2, 0.25) is 5.02 Å². The molecular formula is C19H22ClN5O. The number of halogens is 1. The third-order valence-corrected chi connectivity index (χ3v) is 3.76. The number of benzene rings is 1. The number of hydrogen-bond donors (Lipinski definition) is 0. The predicted molar refractivity (Wildman–Crippen MR) is 104 cm³/mol. The smallest absolute Gasteiger partial charge is 0.350 e. The van der Waals surface area contributed by atoms with Gasteiger partial charge in [-0.2, -0.15) is 0 Å². The van der Waals surface area contributed by atoms with Gasteiger partial charge in [0.2, 0.25) is 0 Å². The highest BCUT2D eigenvalue weighted by Gasteiger charge is 2.17. The fraction of sp³-hybridized carbons (Fsp3) is 0.368. The van der Waals surface area contributed by atoms with E-state index < -0.39 is 56.0 Å². The van der Waals surface area contributed by atoms with Crippen LogP contribution in [0.3, 0.4) is 0 Å². The van der Waals surface area contributed by atoms with Crippen LogP contribution in [-0.4, -0.2) is 51.6 Å². The van der Waals surface area contributed by atoms with Gasteiger partial charge in [0, 0.05) is 66.9 Å². The summed E-state index contributed by atoms with van der Waals surface area (Å²) >= 11 is 5.96. The molecule has 1 aliphatic heterocycles. The number of nitrogens with zero attached hydrogens (tertiary/aromatic N) is 5. The zero-order chi connectivity index (χ0) is 28.7. The van der Waals surface area contributed by atoms with Crippen LogP contribution in [0.4, 0.5) is 5.69 Å². The van der Waals surface area contributed by atoms with Gasteiger partial charge < -0.3 is 4.90 Å². The highest BCUT2D eigenvalue weighted by Crippen LogP contribution is 2.20. The van der Waals surface area contributed by atoms with Gasteiger partial charge in [-0.3, -0.25) is 9.30 Å². The number of aromatic nitrogens is 3. The van der Waals surface area contributed by atoms with Gasteiger partial charge in [0.15, 0.2) is 5.65 Å². The van der Waals surface area contributed by atoms with Gasteiger partial charge in [-0.15, -0.1) is 5.10 Å². The molecule has 26 heavy (non-hydrogen) atoms. The molecule has 3 heterocycles. The van der Waals surface area contributed by atoms with Gasteiger partial charge in [0.05, 0.1) is 5.48 Å². The Morgan fingerprint density at radius 2 is 2.00 bits per heavy atom. The molecule has 0 aliphatic carbocycles. The van der Waals surface area contributed by atoms with E-state index in [-0.39, 0.29) is 21.3 Å². The molecule has 4 rings (SSSR count). The van der Waals surface area contributed by atoms with E-state index in [1.165, 1.54) is 36.5 Å². The van der Waals surface area contributed by atoms with Crippen molar-refractivity contribution in [2.45, 2.75) is 12.9 Å². The summed E-state index contributed by atoms with van der Waals surface area (Å²) in [6.07, 6.45) is -1.94. The lowest BCUT2D eigenvalue weighted by Gasteiger charge is -2.36. The minimum Gasteiger partial charge on any atom is -0.369 e. The molecule has 2 aromatic heterocycles. The first kappa shape index (κ1) is 8.15. The second-order valence-corrected chi connectivity index (χ2v) is 5.69. The Morgan fingerprint density at radius 1 is 1.15 bits per heavy atom. The number of rotatable bonds is 5. The molecular weight excluding hydrogens is 350 g/mol. The molecule has 3 aromatic rings. The predicted octanol–water partition coefficient (Wildman–Crippen LogP) is 2.36. The first-order valence-corrected chi connectivity index (χ1v) is 8.00. The summed E-state index contributed by atoms with van der Waals surface area (Å²) in [5, 5.41) is 3.96. The number of fused-ring (bicyclic) bond motifs is 1. The van der Waals surface area contributed by atoms with E-state index in [2.05, 4.69) is 5.10 Å². The van der Waals surface area contributed by atoms with E-state index in [1.807, 2.05) is 0 Å². The van der Waals surface area contributed by atoms with Crippen LogP contribution >= 0.6 is 11.6 Å². The Balaban J connectivity index is 1.85. The van der Waals surface area contributed by atoms with E-state index in [9.17, 15) is 4.79 Å². The Bertz CT molecular complexity index is 1410. The third-order valence-electron chi connectivity index (χ3n) is 3.52. The minimum absolute atomic E-state index is 0.0298. The topological polar surface area (TPSA) is 45.8 Å². The number of pyridine rings is 1. The van der Waals surface area contributed by atoms with Crippen molar-refractivity contribution in [3.05, 3.63) is 64.2 Å². The van der Waals surface area contributed by atoms with Gasteiger partial charge in [0.1, 0.15) is 0 Å². The van der Waals surface area contributed by atoms with E-state index in [4.69, 9.17) is 28.1 Å². The number of anilines is 1. The van der Waals surface area contributed by atoms with Gasteiger partial charge in [-0.05, 0) is 36.7 Å². The monoisotopic (exact) mass is 383 g/mol. The van der Waals surface area contributed by atoms with Crippen molar-refractivity contribution in [2.75, 3.05) is 37.4 Å². The Morgan fingerprint density at radius 3 is 2.77 bits per heavy atom. The lowest BCUT2D eigenvalue weighted by atomic mass is 10.2. The quantitative estimate of drug-likeness (QED) is 0.678. The normalized spacial score (nSPS) is 31.3. The van der Waals surface area contributed by atoms with Gasteiger partial charge in [-0.1, -0.05) is 23.7 Å². The maximum absolute atomic E-state index is 12.7. The molecule has 0 unspecified atom stereocenters. The molecule has 1 saturated heterocycles. The van der Waals surface area contributed by atoms with Crippen LogP contribution in [0.1, 0.15) is 22.8 Å². The summed E-state index contributed by atoms with van der Waals surface area (Å²) in [5.74, 6) is 0.